The molecule has 0 aliphatic rings. The molecule has 1 aromatic heterocycles. The number of amides is 1. The van der Waals surface area contributed by atoms with Crippen molar-refractivity contribution < 1.29 is 14.3 Å². The van der Waals surface area contributed by atoms with Gasteiger partial charge in [-0.3, -0.25) is 4.79 Å². The molecule has 1 heterocycles. The first-order chi connectivity index (χ1) is 14.0. The molecule has 3 rings (SSSR count). The van der Waals surface area contributed by atoms with Crippen LogP contribution in [0.4, 0.5) is 0 Å². The van der Waals surface area contributed by atoms with Gasteiger partial charge in [0.1, 0.15) is 5.15 Å². The molecule has 0 fully saturated rings. The predicted octanol–water partition coefficient (Wildman–Crippen LogP) is 4.51. The number of halogens is 1. The number of ether oxygens (including phenoxy) is 1. The Balaban J connectivity index is 1.75. The fourth-order valence-electron chi connectivity index (χ4n) is 2.89. The lowest BCUT2D eigenvalue weighted by Crippen LogP contribution is -2.39. The molecular weight excluding hydrogens is 388 g/mol. The number of carbonyl (C=O) groups excluding carboxylic acids is 2. The Morgan fingerprint density at radius 2 is 1.48 bits per heavy atom. The van der Waals surface area contributed by atoms with E-state index in [-0.39, 0.29) is 16.6 Å². The first-order valence-corrected chi connectivity index (χ1v) is 9.60. The van der Waals surface area contributed by atoms with Crippen molar-refractivity contribution in [3.63, 3.8) is 0 Å². The van der Waals surface area contributed by atoms with Crippen LogP contribution in [0.1, 0.15) is 28.4 Å². The summed E-state index contributed by atoms with van der Waals surface area (Å²) in [5.74, 6) is -0.964. The third kappa shape index (κ3) is 5.65. The first kappa shape index (κ1) is 20.6. The van der Waals surface area contributed by atoms with Crippen molar-refractivity contribution in [3.8, 4) is 0 Å². The Hall–Kier alpha value is -3.18. The summed E-state index contributed by atoms with van der Waals surface area (Å²) in [6, 6.07) is 22.5. The van der Waals surface area contributed by atoms with Crippen molar-refractivity contribution in [2.24, 2.45) is 0 Å². The fraction of sp³-hybridized carbons (Fsp3) is 0.174. The molecule has 0 saturated heterocycles. The molecule has 0 aliphatic heterocycles. The molecule has 2 aromatic carbocycles. The summed E-state index contributed by atoms with van der Waals surface area (Å²) in [5, 5.41) is 0.0441. The van der Waals surface area contributed by atoms with Crippen LogP contribution in [0.25, 0.3) is 0 Å². The van der Waals surface area contributed by atoms with Gasteiger partial charge in [0.15, 0.2) is 6.10 Å². The molecule has 3 aromatic rings. The van der Waals surface area contributed by atoms with Crippen molar-refractivity contribution in [3.05, 3.63) is 101 Å². The molecule has 1 amide bonds. The molecule has 6 heteroatoms. The molecule has 5 nitrogen and oxygen atoms in total. The molecule has 148 valence electrons. The van der Waals surface area contributed by atoms with E-state index in [4.69, 9.17) is 16.3 Å². The lowest BCUT2D eigenvalue weighted by molar-refractivity contribution is -0.141. The van der Waals surface area contributed by atoms with E-state index in [2.05, 4.69) is 4.98 Å². The standard InChI is InChI=1S/C23H21ClN2O3/c1-17(29-23(28)20-13-8-14-25-21(20)24)22(27)26(15-18-9-4-2-5-10-18)16-19-11-6-3-7-12-19/h2-14,17H,15-16H2,1H3/t17-/m1/s1. The third-order valence-electron chi connectivity index (χ3n) is 4.35. The van der Waals surface area contributed by atoms with E-state index < -0.39 is 12.1 Å². The maximum absolute atomic E-state index is 13.1. The largest absolute Gasteiger partial charge is 0.449 e. The van der Waals surface area contributed by atoms with Gasteiger partial charge in [-0.25, -0.2) is 9.78 Å². The van der Waals surface area contributed by atoms with Crippen LogP contribution >= 0.6 is 11.6 Å². The van der Waals surface area contributed by atoms with Crippen molar-refractivity contribution in [2.45, 2.75) is 26.1 Å². The minimum absolute atomic E-state index is 0.0441. The number of benzene rings is 2. The lowest BCUT2D eigenvalue weighted by atomic mass is 10.1. The molecule has 29 heavy (non-hydrogen) atoms. The summed E-state index contributed by atoms with van der Waals surface area (Å²) in [4.78, 5) is 31.0. The van der Waals surface area contributed by atoms with Crippen molar-refractivity contribution >= 4 is 23.5 Å². The van der Waals surface area contributed by atoms with E-state index in [1.165, 1.54) is 12.3 Å². The molecular formula is C23H21ClN2O3. The second-order valence-electron chi connectivity index (χ2n) is 6.55. The molecule has 0 saturated carbocycles. The van der Waals surface area contributed by atoms with Crippen molar-refractivity contribution in [2.75, 3.05) is 0 Å². The van der Waals surface area contributed by atoms with Crippen molar-refractivity contribution in [1.29, 1.82) is 0 Å². The maximum Gasteiger partial charge on any atom is 0.342 e. The van der Waals surface area contributed by atoms with E-state index in [1.54, 1.807) is 17.9 Å². The van der Waals surface area contributed by atoms with Gasteiger partial charge in [-0.05, 0) is 30.2 Å². The summed E-state index contributed by atoms with van der Waals surface area (Å²) >= 11 is 5.95. The molecule has 0 aliphatic carbocycles. The third-order valence-corrected chi connectivity index (χ3v) is 4.66. The number of aromatic nitrogens is 1. The highest BCUT2D eigenvalue weighted by Crippen LogP contribution is 2.16. The van der Waals surface area contributed by atoms with Crippen LogP contribution in [0.3, 0.4) is 0 Å². The number of nitrogens with zero attached hydrogens (tertiary/aromatic N) is 2. The van der Waals surface area contributed by atoms with Crippen LogP contribution in [-0.2, 0) is 22.6 Å². The van der Waals surface area contributed by atoms with Gasteiger partial charge >= 0.3 is 5.97 Å². The fourth-order valence-corrected chi connectivity index (χ4v) is 3.09. The van der Waals surface area contributed by atoms with Gasteiger partial charge in [0.25, 0.3) is 5.91 Å². The monoisotopic (exact) mass is 408 g/mol. The van der Waals surface area contributed by atoms with Crippen LogP contribution in [0.5, 0.6) is 0 Å². The summed E-state index contributed by atoms with van der Waals surface area (Å²) in [7, 11) is 0. The van der Waals surface area contributed by atoms with Gasteiger partial charge in [0.2, 0.25) is 0 Å². The highest BCUT2D eigenvalue weighted by atomic mass is 35.5. The highest BCUT2D eigenvalue weighted by molar-refractivity contribution is 6.32. The molecule has 0 radical (unpaired) electrons. The van der Waals surface area contributed by atoms with Crippen LogP contribution in [0.2, 0.25) is 5.15 Å². The van der Waals surface area contributed by atoms with E-state index in [0.29, 0.717) is 13.1 Å². The first-order valence-electron chi connectivity index (χ1n) is 9.22. The summed E-state index contributed by atoms with van der Waals surface area (Å²) in [5.41, 5.74) is 2.11. The van der Waals surface area contributed by atoms with Crippen LogP contribution < -0.4 is 0 Å². The lowest BCUT2D eigenvalue weighted by Gasteiger charge is -2.26. The minimum Gasteiger partial charge on any atom is -0.449 e. The molecule has 1 atom stereocenters. The smallest absolute Gasteiger partial charge is 0.342 e. The van der Waals surface area contributed by atoms with Gasteiger partial charge in [0, 0.05) is 19.3 Å². The van der Waals surface area contributed by atoms with Gasteiger partial charge in [-0.2, -0.15) is 0 Å². The molecule has 0 unspecified atom stereocenters. The van der Waals surface area contributed by atoms with Gasteiger partial charge < -0.3 is 9.64 Å². The average molecular weight is 409 g/mol. The Kier molecular flexibility index (Phi) is 6.98. The predicted molar refractivity (Wildman–Crippen MR) is 111 cm³/mol. The van der Waals surface area contributed by atoms with E-state index in [0.717, 1.165) is 11.1 Å². The normalized spacial score (nSPS) is 11.5. The Morgan fingerprint density at radius 3 is 2.00 bits per heavy atom. The number of esters is 1. The number of hydrogen-bond donors (Lipinski definition) is 0. The van der Waals surface area contributed by atoms with E-state index in [9.17, 15) is 9.59 Å². The number of pyridine rings is 1. The topological polar surface area (TPSA) is 59.5 Å². The summed E-state index contributed by atoms with van der Waals surface area (Å²) < 4.78 is 5.38. The quantitative estimate of drug-likeness (QED) is 0.426. The molecule has 0 bridgehead atoms. The second kappa shape index (κ2) is 9.85. The number of carbonyl (C=O) groups is 2. The van der Waals surface area contributed by atoms with Crippen LogP contribution in [0, 0.1) is 0 Å². The van der Waals surface area contributed by atoms with Crippen LogP contribution in [0.15, 0.2) is 79.0 Å². The average Bonchev–Trinajstić information content (AvgIpc) is 2.74. The zero-order valence-corrected chi connectivity index (χ0v) is 16.8. The molecule has 0 spiro atoms. The van der Waals surface area contributed by atoms with Gasteiger partial charge in [-0.15, -0.1) is 0 Å². The summed E-state index contributed by atoms with van der Waals surface area (Å²) in [6.45, 7) is 2.38. The van der Waals surface area contributed by atoms with Crippen LogP contribution in [-0.4, -0.2) is 27.9 Å². The van der Waals surface area contributed by atoms with Gasteiger partial charge in [0.05, 0.1) is 5.56 Å². The number of rotatable bonds is 7. The SMILES string of the molecule is C[C@@H](OC(=O)c1cccnc1Cl)C(=O)N(Cc1ccccc1)Cc1ccccc1. The Morgan fingerprint density at radius 1 is 0.931 bits per heavy atom. The van der Waals surface area contributed by atoms with Crippen molar-refractivity contribution in [1.82, 2.24) is 9.88 Å². The summed E-state index contributed by atoms with van der Waals surface area (Å²) in [6.07, 6.45) is 0.515. The minimum atomic E-state index is -0.966. The van der Waals surface area contributed by atoms with E-state index >= 15 is 0 Å². The second-order valence-corrected chi connectivity index (χ2v) is 6.91. The number of hydrogen-bond acceptors (Lipinski definition) is 4. The Labute approximate surface area is 174 Å². The highest BCUT2D eigenvalue weighted by Gasteiger charge is 2.25. The maximum atomic E-state index is 13.1. The zero-order valence-electron chi connectivity index (χ0n) is 16.0. The Bertz CT molecular complexity index is 923. The van der Waals surface area contributed by atoms with Gasteiger partial charge in [-0.1, -0.05) is 72.3 Å². The molecule has 0 N–H and O–H groups in total. The van der Waals surface area contributed by atoms with E-state index in [1.807, 2.05) is 60.7 Å². The zero-order chi connectivity index (χ0) is 20.6.